The first kappa shape index (κ1) is 28.9. The molecule has 1 aliphatic heterocycles. The van der Waals surface area contributed by atoms with Crippen LogP contribution in [0, 0.1) is 5.82 Å². The summed E-state index contributed by atoms with van der Waals surface area (Å²) < 4.78 is 19.2. The van der Waals surface area contributed by atoms with Crippen molar-refractivity contribution in [2.75, 3.05) is 19.7 Å². The van der Waals surface area contributed by atoms with Gasteiger partial charge in [0.2, 0.25) is 0 Å². The van der Waals surface area contributed by atoms with Gasteiger partial charge in [-0.15, -0.1) is 0 Å². The van der Waals surface area contributed by atoms with E-state index in [4.69, 9.17) is 16.3 Å². The number of benzene rings is 3. The zero-order valence-corrected chi connectivity index (χ0v) is 24.1. The van der Waals surface area contributed by atoms with E-state index >= 15 is 0 Å². The van der Waals surface area contributed by atoms with Crippen LogP contribution in [-0.4, -0.2) is 59.6 Å². The number of ether oxygens (including phenoxy) is 1. The van der Waals surface area contributed by atoms with Crippen LogP contribution in [0.25, 0.3) is 0 Å². The number of piperazine rings is 1. The van der Waals surface area contributed by atoms with Gasteiger partial charge in [0.15, 0.2) is 6.61 Å². The van der Waals surface area contributed by atoms with E-state index in [1.807, 2.05) is 30.0 Å². The normalized spacial score (nSPS) is 22.2. The second kappa shape index (κ2) is 12.9. The predicted molar refractivity (Wildman–Crippen MR) is 157 cm³/mol. The number of carbonyl (C=O) groups is 2. The molecule has 9 heteroatoms. The first-order chi connectivity index (χ1) is 19.8. The molecule has 0 spiro atoms. The predicted octanol–water partition coefficient (Wildman–Crippen LogP) is 5.33. The molecular formula is C32H36ClFN4O3. The molecule has 3 amide bonds. The SMILES string of the molecule is CC1CN(C(=O)COc2ccc(Cl)cc2CNC(=O)N[C@@H]2C[C@H]2c2ccccc2)C(C)CN1Cc1ccc(F)cc1. The monoisotopic (exact) mass is 578 g/mol. The Bertz CT molecular complexity index is 1360. The molecule has 2 fully saturated rings. The van der Waals surface area contributed by atoms with Crippen LogP contribution >= 0.6 is 11.6 Å². The van der Waals surface area contributed by atoms with E-state index in [9.17, 15) is 14.0 Å². The first-order valence-electron chi connectivity index (χ1n) is 14.1. The van der Waals surface area contributed by atoms with Gasteiger partial charge in [-0.3, -0.25) is 9.69 Å². The third-order valence-corrected chi connectivity index (χ3v) is 8.12. The minimum atomic E-state index is -0.253. The van der Waals surface area contributed by atoms with E-state index < -0.39 is 0 Å². The first-order valence-corrected chi connectivity index (χ1v) is 14.4. The number of urea groups is 1. The third-order valence-electron chi connectivity index (χ3n) is 7.88. The molecule has 3 aromatic rings. The van der Waals surface area contributed by atoms with Crippen molar-refractivity contribution < 1.29 is 18.7 Å². The molecule has 0 bridgehead atoms. The van der Waals surface area contributed by atoms with Gasteiger partial charge in [0.1, 0.15) is 11.6 Å². The van der Waals surface area contributed by atoms with Crippen molar-refractivity contribution in [3.63, 3.8) is 0 Å². The van der Waals surface area contributed by atoms with Crippen molar-refractivity contribution >= 4 is 23.5 Å². The van der Waals surface area contributed by atoms with Gasteiger partial charge in [-0.25, -0.2) is 9.18 Å². The van der Waals surface area contributed by atoms with Crippen molar-refractivity contribution in [2.24, 2.45) is 0 Å². The molecule has 3 aromatic carbocycles. The maximum atomic E-state index is 13.3. The van der Waals surface area contributed by atoms with Gasteiger partial charge in [-0.05, 0) is 61.7 Å². The Morgan fingerprint density at radius 3 is 2.51 bits per heavy atom. The van der Waals surface area contributed by atoms with Crippen LogP contribution in [0.15, 0.2) is 72.8 Å². The van der Waals surface area contributed by atoms with Crippen molar-refractivity contribution in [1.29, 1.82) is 0 Å². The second-order valence-corrected chi connectivity index (χ2v) is 11.5. The smallest absolute Gasteiger partial charge is 0.315 e. The molecule has 4 atom stereocenters. The fraction of sp³-hybridized carbons (Fsp3) is 0.375. The number of hydrogen-bond donors (Lipinski definition) is 2. The lowest BCUT2D eigenvalue weighted by Crippen LogP contribution is -2.58. The van der Waals surface area contributed by atoms with E-state index in [2.05, 4.69) is 34.6 Å². The summed E-state index contributed by atoms with van der Waals surface area (Å²) in [6.45, 7) is 6.21. The summed E-state index contributed by atoms with van der Waals surface area (Å²) in [4.78, 5) is 29.9. The highest BCUT2D eigenvalue weighted by Crippen LogP contribution is 2.40. The minimum Gasteiger partial charge on any atom is -0.483 e. The van der Waals surface area contributed by atoms with E-state index in [-0.39, 0.29) is 49.0 Å². The number of carbonyl (C=O) groups excluding carboxylic acids is 2. The Kier molecular flexibility index (Phi) is 9.10. The quantitative estimate of drug-likeness (QED) is 0.360. The van der Waals surface area contributed by atoms with Gasteiger partial charge < -0.3 is 20.3 Å². The van der Waals surface area contributed by atoms with Crippen molar-refractivity contribution in [3.05, 3.63) is 100 Å². The van der Waals surface area contributed by atoms with Gasteiger partial charge in [0.25, 0.3) is 5.91 Å². The van der Waals surface area contributed by atoms with E-state index in [1.54, 1.807) is 30.3 Å². The Morgan fingerprint density at radius 2 is 1.76 bits per heavy atom. The molecule has 0 radical (unpaired) electrons. The lowest BCUT2D eigenvalue weighted by atomic mass is 10.1. The number of halogens is 2. The molecule has 0 aromatic heterocycles. The summed E-state index contributed by atoms with van der Waals surface area (Å²) in [5.74, 6) is 0.502. The van der Waals surface area contributed by atoms with Crippen molar-refractivity contribution in [3.8, 4) is 5.75 Å². The van der Waals surface area contributed by atoms with E-state index in [0.29, 0.717) is 41.9 Å². The standard InChI is InChI=1S/C32H36ClFN4O3/c1-21-18-38(22(2)17-37(21)19-23-8-11-27(34)12-9-23)31(39)20-41-30-13-10-26(33)14-25(30)16-35-32(40)36-29-15-28(29)24-6-4-3-5-7-24/h3-14,21-22,28-29H,15-20H2,1-2H3,(H2,35,36,40)/t21?,22?,28-,29+/m0/s1. The summed E-state index contributed by atoms with van der Waals surface area (Å²) >= 11 is 6.23. The Morgan fingerprint density at radius 1 is 1.00 bits per heavy atom. The topological polar surface area (TPSA) is 73.9 Å². The van der Waals surface area contributed by atoms with Gasteiger partial charge in [-0.1, -0.05) is 54.1 Å². The number of rotatable bonds is 9. The van der Waals surface area contributed by atoms with Crippen LogP contribution in [0.4, 0.5) is 9.18 Å². The summed E-state index contributed by atoms with van der Waals surface area (Å²) in [5, 5.41) is 6.44. The van der Waals surface area contributed by atoms with Gasteiger partial charge in [0, 0.05) is 60.8 Å². The molecule has 1 heterocycles. The molecule has 2 N–H and O–H groups in total. The molecule has 2 aliphatic rings. The molecular weight excluding hydrogens is 543 g/mol. The minimum absolute atomic E-state index is 0.0000601. The number of nitrogens with zero attached hydrogens (tertiary/aromatic N) is 2. The maximum absolute atomic E-state index is 13.3. The summed E-state index contributed by atoms with van der Waals surface area (Å²) in [6.07, 6.45) is 0.919. The van der Waals surface area contributed by atoms with Gasteiger partial charge >= 0.3 is 6.03 Å². The van der Waals surface area contributed by atoms with E-state index in [1.165, 1.54) is 17.7 Å². The molecule has 5 rings (SSSR count). The maximum Gasteiger partial charge on any atom is 0.315 e. The Hall–Kier alpha value is -3.62. The number of amides is 3. The van der Waals surface area contributed by atoms with Gasteiger partial charge in [-0.2, -0.15) is 0 Å². The van der Waals surface area contributed by atoms with Crippen LogP contribution in [0.5, 0.6) is 5.75 Å². The zero-order chi connectivity index (χ0) is 28.9. The molecule has 216 valence electrons. The Balaban J connectivity index is 1.11. The lowest BCUT2D eigenvalue weighted by molar-refractivity contribution is -0.139. The summed E-state index contributed by atoms with van der Waals surface area (Å²) in [5.41, 5.74) is 2.96. The molecule has 1 saturated carbocycles. The number of hydrogen-bond acceptors (Lipinski definition) is 4. The summed E-state index contributed by atoms with van der Waals surface area (Å²) in [7, 11) is 0. The largest absolute Gasteiger partial charge is 0.483 e. The highest BCUT2D eigenvalue weighted by Gasteiger charge is 2.39. The highest BCUT2D eigenvalue weighted by atomic mass is 35.5. The van der Waals surface area contributed by atoms with Crippen LogP contribution in [-0.2, 0) is 17.9 Å². The molecule has 41 heavy (non-hydrogen) atoms. The van der Waals surface area contributed by atoms with Crippen LogP contribution in [0.1, 0.15) is 42.9 Å². The third kappa shape index (κ3) is 7.57. The van der Waals surface area contributed by atoms with Crippen LogP contribution < -0.4 is 15.4 Å². The van der Waals surface area contributed by atoms with Crippen molar-refractivity contribution in [1.82, 2.24) is 20.4 Å². The average molecular weight is 579 g/mol. The highest BCUT2D eigenvalue weighted by molar-refractivity contribution is 6.30. The fourth-order valence-electron chi connectivity index (χ4n) is 5.46. The molecule has 1 saturated heterocycles. The van der Waals surface area contributed by atoms with E-state index in [0.717, 1.165) is 12.0 Å². The Labute approximate surface area is 245 Å². The fourth-order valence-corrected chi connectivity index (χ4v) is 5.65. The van der Waals surface area contributed by atoms with Crippen molar-refractivity contribution in [2.45, 2.75) is 57.4 Å². The molecule has 7 nitrogen and oxygen atoms in total. The van der Waals surface area contributed by atoms with Gasteiger partial charge in [0.05, 0.1) is 0 Å². The molecule has 2 unspecified atom stereocenters. The molecule has 1 aliphatic carbocycles. The van der Waals surface area contributed by atoms with Crippen LogP contribution in [0.3, 0.4) is 0 Å². The second-order valence-electron chi connectivity index (χ2n) is 11.0. The lowest BCUT2D eigenvalue weighted by Gasteiger charge is -2.44. The number of nitrogens with one attached hydrogen (secondary N) is 2. The average Bonchev–Trinajstić information content (AvgIpc) is 3.73. The van der Waals surface area contributed by atoms with Crippen LogP contribution in [0.2, 0.25) is 5.02 Å². The zero-order valence-electron chi connectivity index (χ0n) is 23.4. The summed E-state index contributed by atoms with van der Waals surface area (Å²) in [6, 6.07) is 21.9.